The fourth-order valence-corrected chi connectivity index (χ4v) is 3.02. The van der Waals surface area contributed by atoms with E-state index in [0.29, 0.717) is 0 Å². The van der Waals surface area contributed by atoms with Crippen LogP contribution in [0.1, 0.15) is 13.8 Å². The summed E-state index contributed by atoms with van der Waals surface area (Å²) in [6.45, 7) is 6.44. The number of allylic oxidation sites excluding steroid dienone is 4. The van der Waals surface area contributed by atoms with Crippen LogP contribution in [-0.2, 0) is 0 Å². The first-order chi connectivity index (χ1) is 7.16. The van der Waals surface area contributed by atoms with E-state index in [0.717, 1.165) is 13.1 Å². The van der Waals surface area contributed by atoms with E-state index in [-0.39, 0.29) is 5.41 Å². The molecule has 3 aliphatic rings. The van der Waals surface area contributed by atoms with Crippen LogP contribution in [0.2, 0.25) is 0 Å². The van der Waals surface area contributed by atoms with Gasteiger partial charge in [0.1, 0.15) is 0 Å². The van der Waals surface area contributed by atoms with Crippen molar-refractivity contribution in [1.82, 2.24) is 4.90 Å². The molecule has 78 valence electrons. The van der Waals surface area contributed by atoms with Crippen molar-refractivity contribution in [2.75, 3.05) is 13.1 Å². The molecule has 0 saturated heterocycles. The van der Waals surface area contributed by atoms with E-state index in [1.54, 1.807) is 11.8 Å². The Morgan fingerprint density at radius 2 is 2.13 bits per heavy atom. The van der Waals surface area contributed by atoms with Crippen molar-refractivity contribution in [1.29, 1.82) is 0 Å². The second-order valence-electron chi connectivity index (χ2n) is 4.66. The van der Waals surface area contributed by atoms with Crippen LogP contribution in [0.3, 0.4) is 0 Å². The third-order valence-electron chi connectivity index (χ3n) is 2.88. The Labute approximate surface area is 94.4 Å². The highest BCUT2D eigenvalue weighted by Crippen LogP contribution is 2.40. The van der Waals surface area contributed by atoms with Crippen LogP contribution in [0, 0.1) is 5.41 Å². The van der Waals surface area contributed by atoms with Crippen molar-refractivity contribution in [3.8, 4) is 0 Å². The number of fused-ring (bicyclic) bond motifs is 2. The molecule has 0 spiro atoms. The van der Waals surface area contributed by atoms with Crippen molar-refractivity contribution in [3.05, 3.63) is 34.9 Å². The van der Waals surface area contributed by atoms with Gasteiger partial charge in [0.2, 0.25) is 0 Å². The minimum atomic E-state index is 0.169. The molecule has 0 aromatic rings. The van der Waals surface area contributed by atoms with Crippen LogP contribution in [0.4, 0.5) is 0 Å². The maximum absolute atomic E-state index is 4.48. The van der Waals surface area contributed by atoms with Gasteiger partial charge in [0.05, 0.1) is 12.2 Å². The molecule has 0 atom stereocenters. The lowest BCUT2D eigenvalue weighted by molar-refractivity contribution is 0.585. The van der Waals surface area contributed by atoms with Crippen LogP contribution in [-0.4, -0.2) is 23.2 Å². The number of amidine groups is 1. The van der Waals surface area contributed by atoms with Gasteiger partial charge in [0, 0.05) is 16.9 Å². The fraction of sp³-hybridized carbons (Fsp3) is 0.417. The van der Waals surface area contributed by atoms with E-state index < -0.39 is 0 Å². The Hall–Kier alpha value is -0.960. The second kappa shape index (κ2) is 3.01. The van der Waals surface area contributed by atoms with E-state index in [1.165, 1.54) is 15.8 Å². The highest BCUT2D eigenvalue weighted by Gasteiger charge is 2.31. The lowest BCUT2D eigenvalue weighted by atomic mass is 9.93. The van der Waals surface area contributed by atoms with Gasteiger partial charge in [-0.15, -0.1) is 0 Å². The zero-order chi connectivity index (χ0) is 10.5. The minimum absolute atomic E-state index is 0.169. The third-order valence-corrected chi connectivity index (χ3v) is 3.98. The number of aliphatic imine (C=N–C) groups is 1. The predicted molar refractivity (Wildman–Crippen MR) is 65.7 cm³/mol. The highest BCUT2D eigenvalue weighted by atomic mass is 32.2. The van der Waals surface area contributed by atoms with E-state index in [4.69, 9.17) is 0 Å². The van der Waals surface area contributed by atoms with Gasteiger partial charge in [0.15, 0.2) is 5.17 Å². The number of hydrogen-bond donors (Lipinski definition) is 0. The molecule has 0 N–H and O–H groups in total. The molecule has 0 radical (unpaired) electrons. The molecule has 2 nitrogen and oxygen atoms in total. The van der Waals surface area contributed by atoms with E-state index >= 15 is 0 Å². The Balaban J connectivity index is 2.01. The highest BCUT2D eigenvalue weighted by molar-refractivity contribution is 8.17. The van der Waals surface area contributed by atoms with Gasteiger partial charge in [-0.3, -0.25) is 4.99 Å². The summed E-state index contributed by atoms with van der Waals surface area (Å²) in [4.78, 5) is 8.15. The van der Waals surface area contributed by atoms with Crippen molar-refractivity contribution in [3.63, 3.8) is 0 Å². The van der Waals surface area contributed by atoms with E-state index in [2.05, 4.69) is 48.0 Å². The first-order valence-corrected chi connectivity index (χ1v) is 6.10. The van der Waals surface area contributed by atoms with Crippen LogP contribution in [0.5, 0.6) is 0 Å². The summed E-state index contributed by atoms with van der Waals surface area (Å²) in [5.41, 5.74) is 1.50. The summed E-state index contributed by atoms with van der Waals surface area (Å²) >= 11 is 1.80. The summed E-state index contributed by atoms with van der Waals surface area (Å²) in [5, 5.41) is 1.18. The smallest absolute Gasteiger partial charge is 0.168 e. The molecule has 0 amide bonds. The summed E-state index contributed by atoms with van der Waals surface area (Å²) in [7, 11) is 0. The molecule has 1 aliphatic carbocycles. The average molecular weight is 218 g/mol. The maximum Gasteiger partial charge on any atom is 0.168 e. The fourth-order valence-electron chi connectivity index (χ4n) is 1.95. The summed E-state index contributed by atoms with van der Waals surface area (Å²) < 4.78 is 0. The average Bonchev–Trinajstić information content (AvgIpc) is 2.68. The quantitative estimate of drug-likeness (QED) is 0.621. The number of hydrogen-bond acceptors (Lipinski definition) is 3. The van der Waals surface area contributed by atoms with Crippen molar-refractivity contribution in [2.24, 2.45) is 10.4 Å². The first kappa shape index (κ1) is 9.28. The van der Waals surface area contributed by atoms with Crippen LogP contribution in [0.15, 0.2) is 39.9 Å². The number of thioether (sulfide) groups is 1. The Kier molecular flexibility index (Phi) is 1.87. The molecule has 0 bridgehead atoms. The van der Waals surface area contributed by atoms with Gasteiger partial charge in [-0.1, -0.05) is 26.0 Å². The van der Waals surface area contributed by atoms with Crippen molar-refractivity contribution >= 4 is 16.9 Å². The minimum Gasteiger partial charge on any atom is -0.318 e. The van der Waals surface area contributed by atoms with E-state index in [1.807, 2.05) is 0 Å². The first-order valence-electron chi connectivity index (χ1n) is 5.28. The van der Waals surface area contributed by atoms with Gasteiger partial charge in [-0.2, -0.15) is 0 Å². The Morgan fingerprint density at radius 3 is 3.00 bits per heavy atom. The Morgan fingerprint density at radius 1 is 1.33 bits per heavy atom. The van der Waals surface area contributed by atoms with Gasteiger partial charge in [0.25, 0.3) is 0 Å². The molecule has 0 fully saturated rings. The van der Waals surface area contributed by atoms with Gasteiger partial charge < -0.3 is 4.90 Å². The monoisotopic (exact) mass is 218 g/mol. The van der Waals surface area contributed by atoms with Gasteiger partial charge in [-0.25, -0.2) is 0 Å². The Bertz CT molecular complexity index is 427. The van der Waals surface area contributed by atoms with Crippen LogP contribution >= 0.6 is 11.8 Å². The normalized spacial score (nSPS) is 26.5. The van der Waals surface area contributed by atoms with E-state index in [9.17, 15) is 0 Å². The lowest BCUT2D eigenvalue weighted by Crippen LogP contribution is -2.19. The summed E-state index contributed by atoms with van der Waals surface area (Å²) in [5.74, 6) is 0. The van der Waals surface area contributed by atoms with Gasteiger partial charge in [-0.05, 0) is 23.9 Å². The summed E-state index contributed by atoms with van der Waals surface area (Å²) in [6, 6.07) is 0. The zero-order valence-electron chi connectivity index (χ0n) is 9.03. The molecule has 0 aromatic carbocycles. The lowest BCUT2D eigenvalue weighted by Gasteiger charge is -2.15. The number of rotatable bonds is 0. The second-order valence-corrected chi connectivity index (χ2v) is 5.66. The molecule has 0 aromatic heterocycles. The van der Waals surface area contributed by atoms with Crippen LogP contribution in [0.25, 0.3) is 0 Å². The van der Waals surface area contributed by atoms with Crippen molar-refractivity contribution < 1.29 is 0 Å². The molecule has 3 rings (SSSR count). The van der Waals surface area contributed by atoms with Crippen LogP contribution < -0.4 is 0 Å². The molecule has 0 unspecified atom stereocenters. The largest absolute Gasteiger partial charge is 0.318 e. The molecule has 2 heterocycles. The molecular weight excluding hydrogens is 204 g/mol. The topological polar surface area (TPSA) is 15.6 Å². The zero-order valence-corrected chi connectivity index (χ0v) is 9.84. The standard InChI is InChI=1S/C12H14N2S/c1-12(2)5-3-9-10(4-6-12)15-11-13-7-8-14(9)11/h3-6H,7-8H2,1-2H3. The maximum atomic E-state index is 4.48. The molecular formula is C12H14N2S. The predicted octanol–water partition coefficient (Wildman–Crippen LogP) is 2.77. The SMILES string of the molecule is CC1(C)C=CC2=C(C=C1)N1CCN=C1S2. The molecule has 15 heavy (non-hydrogen) atoms. The van der Waals surface area contributed by atoms with Gasteiger partial charge >= 0.3 is 0 Å². The number of nitrogens with zero attached hydrogens (tertiary/aromatic N) is 2. The van der Waals surface area contributed by atoms with Crippen molar-refractivity contribution in [2.45, 2.75) is 13.8 Å². The molecule has 3 heteroatoms. The summed E-state index contributed by atoms with van der Waals surface area (Å²) in [6.07, 6.45) is 9.02. The molecule has 2 aliphatic heterocycles. The third kappa shape index (κ3) is 1.46. The molecule has 0 saturated carbocycles.